The number of aryl methyl sites for hydroxylation is 1. The Morgan fingerprint density at radius 3 is 1.90 bits per heavy atom. The van der Waals surface area contributed by atoms with E-state index in [1.807, 2.05) is 41.3 Å². The lowest BCUT2D eigenvalue weighted by Gasteiger charge is -2.26. The number of carbonyl (C=O) groups excluding carboxylic acids is 3. The van der Waals surface area contributed by atoms with Crippen molar-refractivity contribution < 1.29 is 33.8 Å². The van der Waals surface area contributed by atoms with E-state index in [0.717, 1.165) is 23.5 Å². The lowest BCUT2D eigenvalue weighted by molar-refractivity contribution is -0.143. The van der Waals surface area contributed by atoms with Crippen LogP contribution in [-0.4, -0.2) is 59.9 Å². The summed E-state index contributed by atoms with van der Waals surface area (Å²) >= 11 is 0. The van der Waals surface area contributed by atoms with Gasteiger partial charge in [-0.25, -0.2) is 4.79 Å². The summed E-state index contributed by atoms with van der Waals surface area (Å²) in [5.74, 6) is -1.34. The first-order chi connectivity index (χ1) is 20.1. The molecule has 42 heavy (non-hydrogen) atoms. The summed E-state index contributed by atoms with van der Waals surface area (Å²) in [6.07, 6.45) is 1.04. The van der Waals surface area contributed by atoms with E-state index in [0.29, 0.717) is 24.3 Å². The van der Waals surface area contributed by atoms with Crippen LogP contribution in [0, 0.1) is 0 Å². The molecule has 9 nitrogen and oxygen atoms in total. The van der Waals surface area contributed by atoms with Gasteiger partial charge in [-0.1, -0.05) is 31.1 Å². The number of oxime groups is 1. The highest BCUT2D eigenvalue weighted by Gasteiger charge is 2.26. The van der Waals surface area contributed by atoms with E-state index < -0.39 is 17.4 Å². The fraction of sp³-hybridized carbons (Fsp3) is 0.333. The van der Waals surface area contributed by atoms with Gasteiger partial charge in [0, 0.05) is 34.6 Å². The summed E-state index contributed by atoms with van der Waals surface area (Å²) in [6, 6.07) is 22.1. The van der Waals surface area contributed by atoms with Crippen molar-refractivity contribution in [1.29, 1.82) is 0 Å². The minimum atomic E-state index is -1.48. The molecule has 0 saturated carbocycles. The number of aliphatic hydroxyl groups is 1. The summed E-state index contributed by atoms with van der Waals surface area (Å²) in [5.41, 5.74) is 2.89. The van der Waals surface area contributed by atoms with Crippen LogP contribution in [0.5, 0.6) is 0 Å². The molecule has 1 fully saturated rings. The van der Waals surface area contributed by atoms with Gasteiger partial charge in [-0.2, -0.15) is 0 Å². The number of Topliss-reactive ketones (excluding diaryl/α,β-unsaturated/α-hetero) is 2. The molecule has 9 heteroatoms. The van der Waals surface area contributed by atoms with Gasteiger partial charge in [0.1, 0.15) is 11.7 Å². The summed E-state index contributed by atoms with van der Waals surface area (Å²) in [7, 11) is 0. The zero-order valence-electron chi connectivity index (χ0n) is 24.3. The Bertz CT molecular complexity index is 1420. The van der Waals surface area contributed by atoms with Crippen LogP contribution in [-0.2, 0) is 25.5 Å². The number of hydrogen-bond donors (Lipinski definition) is 1. The molecule has 1 aliphatic rings. The molecule has 4 rings (SSSR count). The summed E-state index contributed by atoms with van der Waals surface area (Å²) in [4.78, 5) is 44.4. The molecular weight excluding hydrogens is 536 g/mol. The number of carbonyl (C=O) groups is 3. The maximum Gasteiger partial charge on any atom is 0.334 e. The zero-order chi connectivity index (χ0) is 30.3. The van der Waals surface area contributed by atoms with Crippen LogP contribution in [0.2, 0.25) is 0 Å². The second kappa shape index (κ2) is 13.7. The van der Waals surface area contributed by atoms with Crippen LogP contribution in [0.25, 0.3) is 0 Å². The zero-order valence-corrected chi connectivity index (χ0v) is 24.3. The SMILES string of the molecule is CCC(=O)O/N=C(\COCC1CO1)C(=O)c1ccc(N(c2ccc(CC)cc2)c2ccc(C(=O)C(C)(C)O)cc2)cc1. The molecule has 220 valence electrons. The van der Waals surface area contributed by atoms with E-state index in [4.69, 9.17) is 14.3 Å². The van der Waals surface area contributed by atoms with Gasteiger partial charge >= 0.3 is 5.97 Å². The first-order valence-corrected chi connectivity index (χ1v) is 14.0. The van der Waals surface area contributed by atoms with Crippen molar-refractivity contribution >= 4 is 40.3 Å². The molecule has 1 heterocycles. The quantitative estimate of drug-likeness (QED) is 0.0875. The van der Waals surface area contributed by atoms with Crippen molar-refractivity contribution in [2.75, 3.05) is 24.7 Å². The predicted octanol–water partition coefficient (Wildman–Crippen LogP) is 5.58. The van der Waals surface area contributed by atoms with Crippen molar-refractivity contribution in [2.45, 2.75) is 52.2 Å². The van der Waals surface area contributed by atoms with Crippen LogP contribution in [0.1, 0.15) is 60.4 Å². The molecule has 0 bridgehead atoms. The molecule has 1 saturated heterocycles. The Kier molecular flexibility index (Phi) is 10.0. The van der Waals surface area contributed by atoms with Crippen LogP contribution in [0.15, 0.2) is 78.0 Å². The molecule has 1 aliphatic heterocycles. The number of rotatable bonds is 14. The topological polar surface area (TPSA) is 118 Å². The van der Waals surface area contributed by atoms with Crippen molar-refractivity contribution in [2.24, 2.45) is 5.16 Å². The van der Waals surface area contributed by atoms with Crippen molar-refractivity contribution in [3.63, 3.8) is 0 Å². The van der Waals surface area contributed by atoms with Crippen LogP contribution in [0.4, 0.5) is 17.1 Å². The largest absolute Gasteiger partial charge is 0.382 e. The smallest absolute Gasteiger partial charge is 0.334 e. The number of ketones is 2. The normalized spacial score (nSPS) is 14.8. The minimum Gasteiger partial charge on any atom is -0.382 e. The van der Waals surface area contributed by atoms with Gasteiger partial charge in [-0.05, 0) is 86.5 Å². The van der Waals surface area contributed by atoms with Gasteiger partial charge in [-0.15, -0.1) is 0 Å². The number of nitrogens with zero attached hydrogens (tertiary/aromatic N) is 2. The lowest BCUT2D eigenvalue weighted by Crippen LogP contribution is -2.31. The van der Waals surface area contributed by atoms with Gasteiger partial charge in [-0.3, -0.25) is 9.59 Å². The average Bonchev–Trinajstić information content (AvgIpc) is 3.83. The minimum absolute atomic E-state index is 0.0125. The van der Waals surface area contributed by atoms with Crippen molar-refractivity contribution in [3.8, 4) is 0 Å². The monoisotopic (exact) mass is 572 g/mol. The maximum absolute atomic E-state index is 13.3. The molecule has 1 atom stereocenters. The Hall–Kier alpha value is -4.18. The molecule has 0 spiro atoms. The Morgan fingerprint density at radius 2 is 1.43 bits per heavy atom. The number of epoxide rings is 1. The Labute approximate surface area is 245 Å². The highest BCUT2D eigenvalue weighted by molar-refractivity contribution is 6.46. The average molecular weight is 573 g/mol. The molecule has 0 radical (unpaired) electrons. The number of hydrogen-bond acceptors (Lipinski definition) is 9. The van der Waals surface area contributed by atoms with Gasteiger partial charge in [0.05, 0.1) is 19.8 Å². The lowest BCUT2D eigenvalue weighted by atomic mass is 9.96. The summed E-state index contributed by atoms with van der Waals surface area (Å²) in [6.45, 7) is 7.47. The fourth-order valence-electron chi connectivity index (χ4n) is 4.13. The molecule has 1 unspecified atom stereocenters. The third-order valence-electron chi connectivity index (χ3n) is 6.69. The fourth-order valence-corrected chi connectivity index (χ4v) is 4.13. The van der Waals surface area contributed by atoms with Crippen molar-refractivity contribution in [3.05, 3.63) is 89.5 Å². The molecule has 1 N–H and O–H groups in total. The van der Waals surface area contributed by atoms with Crippen LogP contribution >= 0.6 is 0 Å². The molecule has 3 aromatic rings. The third kappa shape index (κ3) is 7.97. The first-order valence-electron chi connectivity index (χ1n) is 14.0. The molecule has 0 amide bonds. The van der Waals surface area contributed by atoms with Gasteiger partial charge in [0.25, 0.3) is 0 Å². The highest BCUT2D eigenvalue weighted by atomic mass is 16.7. The molecular formula is C33H36N2O7. The predicted molar refractivity (Wildman–Crippen MR) is 160 cm³/mol. The Balaban J connectivity index is 1.63. The third-order valence-corrected chi connectivity index (χ3v) is 6.69. The van der Waals surface area contributed by atoms with E-state index in [1.165, 1.54) is 19.4 Å². The summed E-state index contributed by atoms with van der Waals surface area (Å²) < 4.78 is 10.7. The van der Waals surface area contributed by atoms with Crippen LogP contribution < -0.4 is 4.90 Å². The number of benzene rings is 3. The van der Waals surface area contributed by atoms with Gasteiger partial charge in [0.15, 0.2) is 11.5 Å². The standard InChI is InChI=1S/C33H36N2O7/c1-5-22-7-13-25(14-8-22)35(27-17-11-24(12-18-27)32(38)33(3,4)39)26-15-9-23(10-16-26)31(37)29(34-42-30(36)6-2)21-40-19-28-20-41-28/h7-18,28,39H,5-6,19-21H2,1-4H3/b34-29+. The van der Waals surface area contributed by atoms with E-state index in [1.54, 1.807) is 31.2 Å². The highest BCUT2D eigenvalue weighted by Crippen LogP contribution is 2.35. The van der Waals surface area contributed by atoms with E-state index >= 15 is 0 Å². The molecule has 0 aliphatic carbocycles. The molecule has 0 aromatic heterocycles. The number of anilines is 3. The van der Waals surface area contributed by atoms with E-state index in [2.05, 4.69) is 24.2 Å². The second-order valence-electron chi connectivity index (χ2n) is 10.5. The number of ether oxygens (including phenoxy) is 2. The first kappa shape index (κ1) is 30.8. The van der Waals surface area contributed by atoms with E-state index in [9.17, 15) is 19.5 Å². The second-order valence-corrected chi connectivity index (χ2v) is 10.5. The molecule has 3 aromatic carbocycles. The summed E-state index contributed by atoms with van der Waals surface area (Å²) in [5, 5.41) is 13.9. The maximum atomic E-state index is 13.3. The van der Waals surface area contributed by atoms with Gasteiger partial charge < -0.3 is 24.3 Å². The Morgan fingerprint density at radius 1 is 0.905 bits per heavy atom. The van der Waals surface area contributed by atoms with Crippen molar-refractivity contribution in [1.82, 2.24) is 0 Å². The van der Waals surface area contributed by atoms with E-state index in [-0.39, 0.29) is 30.6 Å². The van der Waals surface area contributed by atoms with Gasteiger partial charge in [0.2, 0.25) is 5.78 Å². The van der Waals surface area contributed by atoms with Crippen LogP contribution in [0.3, 0.4) is 0 Å².